The number of aliphatic hydroxyl groups is 1. The molecular weight excluding hydrogens is 461 g/mol. The number of aliphatic hydroxyl groups excluding tert-OH is 1. The van der Waals surface area contributed by atoms with E-state index in [0.29, 0.717) is 12.0 Å². The number of rotatable bonds is 6. The number of carboxylic acids is 1. The van der Waals surface area contributed by atoms with Crippen molar-refractivity contribution in [1.29, 1.82) is 0 Å². The van der Waals surface area contributed by atoms with E-state index in [-0.39, 0.29) is 26.9 Å². The average Bonchev–Trinajstić information content (AvgIpc) is 2.66. The monoisotopic (exact) mass is 489 g/mol. The number of alkyl halides is 6. The van der Waals surface area contributed by atoms with E-state index in [4.69, 9.17) is 10.2 Å². The third-order valence-corrected chi connectivity index (χ3v) is 5.32. The largest absolute Gasteiger partial charge is 0.481 e. The van der Waals surface area contributed by atoms with Crippen LogP contribution in [0.15, 0.2) is 48.5 Å². The first kappa shape index (κ1) is 31.5. The van der Waals surface area contributed by atoms with Crippen LogP contribution in [0.5, 0.6) is 0 Å². The Morgan fingerprint density at radius 1 is 0.676 bits per heavy atom. The summed E-state index contributed by atoms with van der Waals surface area (Å²) in [5, 5.41) is 17.6. The van der Waals surface area contributed by atoms with Crippen LogP contribution in [0.3, 0.4) is 0 Å². The molecule has 0 aliphatic rings. The molecule has 2 rings (SSSR count). The first-order chi connectivity index (χ1) is 14.9. The molecule has 0 saturated heterocycles. The van der Waals surface area contributed by atoms with Crippen molar-refractivity contribution >= 4 is 14.4 Å². The molecule has 3 nitrogen and oxygen atoms in total. The predicted molar refractivity (Wildman–Crippen MR) is 119 cm³/mol. The lowest BCUT2D eigenvalue weighted by Gasteiger charge is -2.24. The molecule has 0 saturated carbocycles. The minimum absolute atomic E-state index is 0. The SMILES string of the molecule is CC(C)(CC(=O)O)c1ccc(C(F)(F)F)cc1.CC(C)(CCO)c1ccc(C(F)(F)F)cc1.[B]. The third kappa shape index (κ3) is 9.40. The molecule has 0 amide bonds. The Labute approximate surface area is 197 Å². The van der Waals surface area contributed by atoms with E-state index in [2.05, 4.69) is 0 Å². The maximum atomic E-state index is 12.3. The fourth-order valence-corrected chi connectivity index (χ4v) is 3.12. The van der Waals surface area contributed by atoms with Crippen molar-refractivity contribution in [2.45, 2.75) is 63.7 Å². The molecule has 0 aliphatic heterocycles. The molecule has 0 aromatic heterocycles. The van der Waals surface area contributed by atoms with Crippen molar-refractivity contribution in [3.8, 4) is 0 Å². The zero-order valence-electron chi connectivity index (χ0n) is 19.4. The minimum atomic E-state index is -4.37. The molecule has 2 N–H and O–H groups in total. The van der Waals surface area contributed by atoms with Crippen molar-refractivity contribution in [1.82, 2.24) is 0 Å². The van der Waals surface area contributed by atoms with Crippen LogP contribution in [-0.2, 0) is 28.0 Å². The second-order valence-electron chi connectivity index (χ2n) is 8.96. The van der Waals surface area contributed by atoms with E-state index in [1.54, 1.807) is 13.8 Å². The molecule has 34 heavy (non-hydrogen) atoms. The van der Waals surface area contributed by atoms with Crippen LogP contribution in [0.4, 0.5) is 26.3 Å². The van der Waals surface area contributed by atoms with Crippen LogP contribution in [0.25, 0.3) is 0 Å². The number of hydrogen-bond donors (Lipinski definition) is 2. The molecule has 2 aromatic rings. The molecule has 0 unspecified atom stereocenters. The van der Waals surface area contributed by atoms with Gasteiger partial charge in [-0.15, -0.1) is 0 Å². The molecule has 187 valence electrons. The minimum Gasteiger partial charge on any atom is -0.481 e. The Balaban J connectivity index is 0.000000623. The summed E-state index contributed by atoms with van der Waals surface area (Å²) in [5.74, 6) is -0.977. The fourth-order valence-electron chi connectivity index (χ4n) is 3.12. The maximum Gasteiger partial charge on any atom is 0.416 e. The van der Waals surface area contributed by atoms with Gasteiger partial charge in [0.1, 0.15) is 0 Å². The van der Waals surface area contributed by atoms with Gasteiger partial charge in [0.25, 0.3) is 0 Å². The smallest absolute Gasteiger partial charge is 0.416 e. The Morgan fingerprint density at radius 2 is 0.971 bits per heavy atom. The van der Waals surface area contributed by atoms with E-state index < -0.39 is 34.9 Å². The number of carboxylic acid groups (broad SMARTS) is 1. The van der Waals surface area contributed by atoms with E-state index in [9.17, 15) is 31.1 Å². The average molecular weight is 489 g/mol. The molecule has 0 spiro atoms. The first-order valence-electron chi connectivity index (χ1n) is 10.1. The van der Waals surface area contributed by atoms with Crippen molar-refractivity contribution in [3.63, 3.8) is 0 Å². The zero-order valence-corrected chi connectivity index (χ0v) is 19.4. The van der Waals surface area contributed by atoms with Gasteiger partial charge in [-0.3, -0.25) is 4.79 Å². The van der Waals surface area contributed by atoms with Crippen molar-refractivity contribution in [3.05, 3.63) is 70.8 Å². The Hall–Kier alpha value is -2.49. The molecular formula is C24H28BF6O3. The summed E-state index contributed by atoms with van der Waals surface area (Å²) in [5.41, 5.74) is -0.986. The van der Waals surface area contributed by atoms with Gasteiger partial charge in [0, 0.05) is 20.4 Å². The summed E-state index contributed by atoms with van der Waals surface area (Å²) >= 11 is 0. The predicted octanol–water partition coefficient (Wildman–Crippen LogP) is 6.44. The van der Waals surface area contributed by atoms with Gasteiger partial charge in [0.15, 0.2) is 0 Å². The first-order valence-corrected chi connectivity index (χ1v) is 10.1. The Morgan fingerprint density at radius 3 is 1.24 bits per heavy atom. The molecule has 0 bridgehead atoms. The highest BCUT2D eigenvalue weighted by Crippen LogP contribution is 2.33. The third-order valence-electron chi connectivity index (χ3n) is 5.32. The van der Waals surface area contributed by atoms with Crippen LogP contribution in [0.1, 0.15) is 62.8 Å². The number of aliphatic carboxylic acids is 1. The van der Waals surface area contributed by atoms with Crippen LogP contribution in [-0.4, -0.2) is 31.2 Å². The second-order valence-corrected chi connectivity index (χ2v) is 8.96. The zero-order chi connectivity index (χ0) is 25.7. The van der Waals surface area contributed by atoms with Crippen molar-refractivity contribution < 1.29 is 41.4 Å². The Kier molecular flexibility index (Phi) is 10.9. The summed E-state index contributed by atoms with van der Waals surface area (Å²) in [6.07, 6.45) is -8.26. The van der Waals surface area contributed by atoms with E-state index in [1.807, 2.05) is 13.8 Å². The standard InChI is InChI=1S/C12H13F3O2.C12H15F3O.B/c1-11(2,7-10(16)17)8-3-5-9(6-4-8)12(13,14)15;1-11(2,7-8-16)9-3-5-10(6-4-9)12(13,14)15;/h3-6H,7H2,1-2H3,(H,16,17);3-6,16H,7-8H2,1-2H3;. The number of carbonyl (C=O) groups is 1. The second kappa shape index (κ2) is 11.8. The molecule has 0 aliphatic carbocycles. The van der Waals surface area contributed by atoms with Crippen LogP contribution < -0.4 is 0 Å². The number of hydrogen-bond acceptors (Lipinski definition) is 2. The topological polar surface area (TPSA) is 57.5 Å². The van der Waals surface area contributed by atoms with Crippen LogP contribution in [0.2, 0.25) is 0 Å². The molecule has 3 radical (unpaired) electrons. The Bertz CT molecular complexity index is 902. The quantitative estimate of drug-likeness (QED) is 0.363. The van der Waals surface area contributed by atoms with Crippen molar-refractivity contribution in [2.75, 3.05) is 6.61 Å². The van der Waals surface area contributed by atoms with Gasteiger partial charge in [-0.2, -0.15) is 26.3 Å². The summed E-state index contributed by atoms with van der Waals surface area (Å²) in [6.45, 7) is 7.18. The highest BCUT2D eigenvalue weighted by Gasteiger charge is 2.32. The van der Waals surface area contributed by atoms with Gasteiger partial charge in [0.05, 0.1) is 17.5 Å². The number of benzene rings is 2. The highest BCUT2D eigenvalue weighted by atomic mass is 19.4. The lowest BCUT2D eigenvalue weighted by atomic mass is 9.81. The van der Waals surface area contributed by atoms with Gasteiger partial charge in [-0.1, -0.05) is 52.0 Å². The van der Waals surface area contributed by atoms with E-state index >= 15 is 0 Å². The maximum absolute atomic E-state index is 12.3. The molecule has 0 heterocycles. The van der Waals surface area contributed by atoms with E-state index in [1.165, 1.54) is 24.3 Å². The van der Waals surface area contributed by atoms with E-state index in [0.717, 1.165) is 29.8 Å². The summed E-state index contributed by atoms with van der Waals surface area (Å²) in [7, 11) is 0. The highest BCUT2D eigenvalue weighted by molar-refractivity contribution is 5.75. The van der Waals surface area contributed by atoms with Crippen LogP contribution >= 0.6 is 0 Å². The van der Waals surface area contributed by atoms with Gasteiger partial charge < -0.3 is 10.2 Å². The summed E-state index contributed by atoms with van der Waals surface area (Å²) in [4.78, 5) is 10.6. The van der Waals surface area contributed by atoms with Crippen LogP contribution in [0, 0.1) is 0 Å². The lowest BCUT2D eigenvalue weighted by Crippen LogP contribution is -2.21. The summed E-state index contributed by atoms with van der Waals surface area (Å²) in [6, 6.07) is 9.69. The van der Waals surface area contributed by atoms with Crippen molar-refractivity contribution in [2.24, 2.45) is 0 Å². The summed E-state index contributed by atoms with van der Waals surface area (Å²) < 4.78 is 74.0. The van der Waals surface area contributed by atoms with Gasteiger partial charge in [-0.25, -0.2) is 0 Å². The number of halogens is 6. The molecule has 10 heteroatoms. The van der Waals surface area contributed by atoms with Gasteiger partial charge >= 0.3 is 18.3 Å². The lowest BCUT2D eigenvalue weighted by molar-refractivity contribution is -0.139. The normalized spacial score (nSPS) is 12.3. The van der Waals surface area contributed by atoms with Gasteiger partial charge in [0.2, 0.25) is 0 Å². The van der Waals surface area contributed by atoms with Gasteiger partial charge in [-0.05, 0) is 47.2 Å². The molecule has 0 fully saturated rings. The fraction of sp³-hybridized carbons (Fsp3) is 0.458. The molecule has 0 atom stereocenters. The molecule has 2 aromatic carbocycles.